The molecule has 0 radical (unpaired) electrons. The molecule has 3 nitrogen and oxygen atoms in total. The van der Waals surface area contributed by atoms with Gasteiger partial charge in [0.25, 0.3) is 0 Å². The number of hydrogen-bond acceptors (Lipinski definition) is 3. The molecule has 1 N–H and O–H groups in total. The molecule has 1 aromatic rings. The molecule has 2 rings (SSSR count). The van der Waals surface area contributed by atoms with Gasteiger partial charge in [0.05, 0.1) is 6.10 Å². The topological polar surface area (TPSA) is 36.4 Å². The summed E-state index contributed by atoms with van der Waals surface area (Å²) in [4.78, 5) is 6.38. The van der Waals surface area contributed by atoms with Crippen molar-refractivity contribution in [3.8, 4) is 0 Å². The molecule has 2 heterocycles. The lowest BCUT2D eigenvalue weighted by atomic mass is 9.92. The van der Waals surface area contributed by atoms with Crippen LogP contribution in [0.2, 0.25) is 0 Å². The SMILES string of the molecule is CC(O)C1CCN(c2ccncc2)CC1. The molecule has 82 valence electrons. The molecule has 15 heavy (non-hydrogen) atoms. The van der Waals surface area contributed by atoms with Crippen LogP contribution in [0.4, 0.5) is 5.69 Å². The summed E-state index contributed by atoms with van der Waals surface area (Å²) in [5.41, 5.74) is 1.24. The Balaban J connectivity index is 1.94. The van der Waals surface area contributed by atoms with E-state index in [-0.39, 0.29) is 6.10 Å². The van der Waals surface area contributed by atoms with E-state index in [1.54, 1.807) is 0 Å². The summed E-state index contributed by atoms with van der Waals surface area (Å²) in [6.07, 6.45) is 5.66. The van der Waals surface area contributed by atoms with Crippen molar-refractivity contribution in [1.29, 1.82) is 0 Å². The van der Waals surface area contributed by atoms with E-state index in [1.165, 1.54) is 5.69 Å². The van der Waals surface area contributed by atoms with E-state index < -0.39 is 0 Å². The molecule has 1 unspecified atom stereocenters. The lowest BCUT2D eigenvalue weighted by molar-refractivity contribution is 0.110. The van der Waals surface area contributed by atoms with Gasteiger partial charge in [0.1, 0.15) is 0 Å². The number of aromatic nitrogens is 1. The third-order valence-electron chi connectivity index (χ3n) is 3.25. The second-order valence-corrected chi connectivity index (χ2v) is 4.27. The molecular weight excluding hydrogens is 188 g/mol. The Bertz CT molecular complexity index is 292. The van der Waals surface area contributed by atoms with E-state index in [0.717, 1.165) is 25.9 Å². The van der Waals surface area contributed by atoms with Crippen LogP contribution in [0.15, 0.2) is 24.5 Å². The maximum Gasteiger partial charge on any atom is 0.0541 e. The van der Waals surface area contributed by atoms with Gasteiger partial charge in [-0.25, -0.2) is 0 Å². The predicted molar refractivity (Wildman–Crippen MR) is 60.9 cm³/mol. The van der Waals surface area contributed by atoms with Gasteiger partial charge in [-0.05, 0) is 37.8 Å². The molecule has 1 aliphatic heterocycles. The number of anilines is 1. The lowest BCUT2D eigenvalue weighted by Crippen LogP contribution is -2.36. The van der Waals surface area contributed by atoms with Crippen molar-refractivity contribution in [2.24, 2.45) is 5.92 Å². The summed E-state index contributed by atoms with van der Waals surface area (Å²) >= 11 is 0. The molecule has 0 aliphatic carbocycles. The summed E-state index contributed by atoms with van der Waals surface area (Å²) in [5, 5.41) is 9.51. The Hall–Kier alpha value is -1.09. The fourth-order valence-corrected chi connectivity index (χ4v) is 2.19. The van der Waals surface area contributed by atoms with Gasteiger partial charge in [0.2, 0.25) is 0 Å². The van der Waals surface area contributed by atoms with Crippen molar-refractivity contribution in [2.75, 3.05) is 18.0 Å². The average Bonchev–Trinajstić information content (AvgIpc) is 2.30. The van der Waals surface area contributed by atoms with Crippen molar-refractivity contribution in [3.63, 3.8) is 0 Å². The van der Waals surface area contributed by atoms with Crippen LogP contribution in [0.25, 0.3) is 0 Å². The number of rotatable bonds is 2. The van der Waals surface area contributed by atoms with Gasteiger partial charge in [-0.15, -0.1) is 0 Å². The molecular formula is C12H18N2O. The van der Waals surface area contributed by atoms with Crippen LogP contribution >= 0.6 is 0 Å². The first-order valence-corrected chi connectivity index (χ1v) is 5.60. The molecule has 1 fully saturated rings. The highest BCUT2D eigenvalue weighted by atomic mass is 16.3. The highest BCUT2D eigenvalue weighted by Gasteiger charge is 2.22. The van der Waals surface area contributed by atoms with Gasteiger partial charge in [0.15, 0.2) is 0 Å². The first-order chi connectivity index (χ1) is 7.27. The first-order valence-electron chi connectivity index (χ1n) is 5.60. The van der Waals surface area contributed by atoms with Gasteiger partial charge in [-0.2, -0.15) is 0 Å². The quantitative estimate of drug-likeness (QED) is 0.799. The molecule has 0 amide bonds. The van der Waals surface area contributed by atoms with Gasteiger partial charge < -0.3 is 10.0 Å². The van der Waals surface area contributed by atoms with E-state index in [1.807, 2.05) is 31.5 Å². The van der Waals surface area contributed by atoms with Crippen LogP contribution in [-0.4, -0.2) is 29.3 Å². The molecule has 3 heteroatoms. The number of hydrogen-bond donors (Lipinski definition) is 1. The predicted octanol–water partition coefficient (Wildman–Crippen LogP) is 1.68. The van der Waals surface area contributed by atoms with Crippen LogP contribution in [-0.2, 0) is 0 Å². The summed E-state index contributed by atoms with van der Waals surface area (Å²) < 4.78 is 0. The zero-order chi connectivity index (χ0) is 10.7. The molecule has 1 aromatic heterocycles. The number of nitrogens with zero attached hydrogens (tertiary/aromatic N) is 2. The summed E-state index contributed by atoms with van der Waals surface area (Å²) in [6.45, 7) is 3.98. The zero-order valence-corrected chi connectivity index (χ0v) is 9.13. The normalized spacial score (nSPS) is 20.3. The Morgan fingerprint density at radius 1 is 1.33 bits per heavy atom. The number of piperidine rings is 1. The Kier molecular flexibility index (Phi) is 3.21. The Labute approximate surface area is 90.8 Å². The van der Waals surface area contributed by atoms with E-state index in [4.69, 9.17) is 0 Å². The molecule has 1 saturated heterocycles. The van der Waals surface area contributed by atoms with Gasteiger partial charge in [-0.3, -0.25) is 4.98 Å². The van der Waals surface area contributed by atoms with Crippen LogP contribution in [0.5, 0.6) is 0 Å². The van der Waals surface area contributed by atoms with E-state index in [0.29, 0.717) is 5.92 Å². The monoisotopic (exact) mass is 206 g/mol. The molecule has 1 atom stereocenters. The van der Waals surface area contributed by atoms with Crippen molar-refractivity contribution in [2.45, 2.75) is 25.9 Å². The number of aliphatic hydroxyl groups excluding tert-OH is 1. The minimum absolute atomic E-state index is 0.162. The summed E-state index contributed by atoms with van der Waals surface area (Å²) in [5.74, 6) is 0.475. The van der Waals surface area contributed by atoms with Crippen molar-refractivity contribution in [1.82, 2.24) is 4.98 Å². The molecule has 0 saturated carbocycles. The average molecular weight is 206 g/mol. The second-order valence-electron chi connectivity index (χ2n) is 4.27. The Morgan fingerprint density at radius 3 is 2.47 bits per heavy atom. The lowest BCUT2D eigenvalue weighted by Gasteiger charge is -2.34. The summed E-state index contributed by atoms with van der Waals surface area (Å²) in [7, 11) is 0. The van der Waals surface area contributed by atoms with E-state index in [2.05, 4.69) is 9.88 Å². The molecule has 0 aromatic carbocycles. The summed E-state index contributed by atoms with van der Waals surface area (Å²) in [6, 6.07) is 4.09. The van der Waals surface area contributed by atoms with Crippen LogP contribution < -0.4 is 4.90 Å². The second kappa shape index (κ2) is 4.62. The maximum atomic E-state index is 9.51. The van der Waals surface area contributed by atoms with E-state index in [9.17, 15) is 5.11 Å². The fraction of sp³-hybridized carbons (Fsp3) is 0.583. The van der Waals surface area contributed by atoms with Crippen molar-refractivity contribution >= 4 is 5.69 Å². The van der Waals surface area contributed by atoms with Crippen LogP contribution in [0.1, 0.15) is 19.8 Å². The minimum atomic E-state index is -0.162. The minimum Gasteiger partial charge on any atom is -0.393 e. The van der Waals surface area contributed by atoms with Crippen molar-refractivity contribution < 1.29 is 5.11 Å². The Morgan fingerprint density at radius 2 is 1.93 bits per heavy atom. The number of aliphatic hydroxyl groups is 1. The van der Waals surface area contributed by atoms with E-state index >= 15 is 0 Å². The third kappa shape index (κ3) is 2.48. The molecule has 0 spiro atoms. The number of pyridine rings is 1. The third-order valence-corrected chi connectivity index (χ3v) is 3.25. The highest BCUT2D eigenvalue weighted by molar-refractivity contribution is 5.44. The van der Waals surface area contributed by atoms with Crippen molar-refractivity contribution in [3.05, 3.63) is 24.5 Å². The first kappa shape index (κ1) is 10.4. The highest BCUT2D eigenvalue weighted by Crippen LogP contribution is 2.24. The van der Waals surface area contributed by atoms with Crippen LogP contribution in [0, 0.1) is 5.92 Å². The van der Waals surface area contributed by atoms with Crippen LogP contribution in [0.3, 0.4) is 0 Å². The van der Waals surface area contributed by atoms with Gasteiger partial charge >= 0.3 is 0 Å². The van der Waals surface area contributed by atoms with Gasteiger partial charge in [-0.1, -0.05) is 0 Å². The largest absolute Gasteiger partial charge is 0.393 e. The molecule has 0 bridgehead atoms. The standard InChI is InChI=1S/C12H18N2O/c1-10(15)11-4-8-14(9-5-11)12-2-6-13-7-3-12/h2-3,6-7,10-11,15H,4-5,8-9H2,1H3. The smallest absolute Gasteiger partial charge is 0.0541 e. The fourth-order valence-electron chi connectivity index (χ4n) is 2.19. The zero-order valence-electron chi connectivity index (χ0n) is 9.13. The molecule has 1 aliphatic rings. The maximum absolute atomic E-state index is 9.51. The van der Waals surface area contributed by atoms with Gasteiger partial charge in [0, 0.05) is 31.2 Å².